The van der Waals surface area contributed by atoms with Gasteiger partial charge in [-0.05, 0) is 12.5 Å². The Balaban J connectivity index is 2.91. The number of hydrogen-bond donors (Lipinski definition) is 1. The second-order valence-corrected chi connectivity index (χ2v) is 4.80. The molecule has 0 aliphatic carbocycles. The molecule has 0 unspecified atom stereocenters. The highest BCUT2D eigenvalue weighted by Crippen LogP contribution is 2.35. The smallest absolute Gasteiger partial charge is 0.159 e. The predicted octanol–water partition coefficient (Wildman–Crippen LogP) is 4.34. The van der Waals surface area contributed by atoms with Gasteiger partial charge in [-0.1, -0.05) is 48.5 Å². The van der Waals surface area contributed by atoms with Crippen molar-refractivity contribution in [2.75, 3.05) is 6.61 Å². The minimum absolute atomic E-state index is 0.0885. The summed E-state index contributed by atoms with van der Waals surface area (Å²) >= 11 is 11.7. The van der Waals surface area contributed by atoms with E-state index in [2.05, 4.69) is 13.2 Å². The predicted molar refractivity (Wildman–Crippen MR) is 81.7 cm³/mol. The molecule has 0 saturated heterocycles. The molecule has 0 aliphatic heterocycles. The molecule has 1 aromatic carbocycles. The summed E-state index contributed by atoms with van der Waals surface area (Å²) in [6.07, 6.45) is 3.18. The van der Waals surface area contributed by atoms with Crippen molar-refractivity contribution in [2.45, 2.75) is 6.92 Å². The summed E-state index contributed by atoms with van der Waals surface area (Å²) in [5, 5.41) is 9.74. The van der Waals surface area contributed by atoms with Gasteiger partial charge in [0.1, 0.15) is 18.1 Å². The average molecular weight is 313 g/mol. The van der Waals surface area contributed by atoms with E-state index < -0.39 is 0 Å². The van der Waals surface area contributed by atoms with Gasteiger partial charge in [0.25, 0.3) is 0 Å². The lowest BCUT2D eigenvalue weighted by atomic mass is 10.1. The molecule has 0 saturated carbocycles. The molecule has 1 aromatic rings. The van der Waals surface area contributed by atoms with Crippen LogP contribution in [0, 0.1) is 0 Å². The van der Waals surface area contributed by atoms with E-state index in [1.165, 1.54) is 25.1 Å². The standard InChI is InChI=1S/C15H14Cl2O3/c1-4-5-11(9(2)10(3)18)8-20-15-7-12(16)14(19)6-13(15)17/h4-7,19H,1-2,8H2,3H3/b11-5-. The second-order valence-electron chi connectivity index (χ2n) is 3.99. The van der Waals surface area contributed by atoms with Crippen molar-refractivity contribution < 1.29 is 14.6 Å². The Hall–Kier alpha value is -1.71. The van der Waals surface area contributed by atoms with Crippen LogP contribution in [-0.2, 0) is 4.79 Å². The summed E-state index contributed by atoms with van der Waals surface area (Å²) in [6.45, 7) is 8.78. The first-order chi connectivity index (χ1) is 9.36. The number of carbonyl (C=O) groups is 1. The fourth-order valence-corrected chi connectivity index (χ4v) is 1.75. The van der Waals surface area contributed by atoms with Gasteiger partial charge in [0, 0.05) is 17.7 Å². The van der Waals surface area contributed by atoms with Crippen LogP contribution in [0.5, 0.6) is 11.5 Å². The first-order valence-electron chi connectivity index (χ1n) is 5.69. The molecule has 0 spiro atoms. The van der Waals surface area contributed by atoms with Gasteiger partial charge in [-0.3, -0.25) is 4.79 Å². The van der Waals surface area contributed by atoms with Crippen LogP contribution in [0.4, 0.5) is 0 Å². The second kappa shape index (κ2) is 7.17. The molecule has 3 nitrogen and oxygen atoms in total. The topological polar surface area (TPSA) is 46.5 Å². The van der Waals surface area contributed by atoms with Gasteiger partial charge in [0.15, 0.2) is 5.78 Å². The quantitative estimate of drug-likeness (QED) is 0.628. The number of carbonyl (C=O) groups excluding carboxylic acids is 1. The molecule has 0 fully saturated rings. The molecule has 0 bridgehead atoms. The van der Waals surface area contributed by atoms with E-state index in [4.69, 9.17) is 27.9 Å². The van der Waals surface area contributed by atoms with E-state index >= 15 is 0 Å². The minimum Gasteiger partial charge on any atom is -0.506 e. The van der Waals surface area contributed by atoms with Crippen LogP contribution in [0.1, 0.15) is 6.92 Å². The number of benzene rings is 1. The maximum absolute atomic E-state index is 11.3. The largest absolute Gasteiger partial charge is 0.506 e. The Labute approximate surface area is 127 Å². The average Bonchev–Trinajstić information content (AvgIpc) is 2.38. The molecule has 1 N–H and O–H groups in total. The van der Waals surface area contributed by atoms with Gasteiger partial charge >= 0.3 is 0 Å². The number of halogens is 2. The van der Waals surface area contributed by atoms with Crippen LogP contribution < -0.4 is 4.74 Å². The molecule has 20 heavy (non-hydrogen) atoms. The van der Waals surface area contributed by atoms with Gasteiger partial charge in [-0.15, -0.1) is 0 Å². The van der Waals surface area contributed by atoms with E-state index in [0.29, 0.717) is 16.9 Å². The Morgan fingerprint density at radius 2 is 2.05 bits per heavy atom. The first-order valence-corrected chi connectivity index (χ1v) is 6.45. The van der Waals surface area contributed by atoms with Crippen molar-refractivity contribution in [3.05, 3.63) is 58.6 Å². The Bertz CT molecular complexity index is 589. The number of phenols is 1. The Morgan fingerprint density at radius 3 is 2.60 bits per heavy atom. The van der Waals surface area contributed by atoms with Crippen LogP contribution in [0.25, 0.3) is 0 Å². The SMILES string of the molecule is C=C/C=C(/COc1cc(Cl)c(O)cc1Cl)C(=C)C(C)=O. The zero-order valence-corrected chi connectivity index (χ0v) is 12.5. The molecule has 5 heteroatoms. The summed E-state index contributed by atoms with van der Waals surface area (Å²) in [5.74, 6) is 0.0244. The van der Waals surface area contributed by atoms with Crippen LogP contribution >= 0.6 is 23.2 Å². The summed E-state index contributed by atoms with van der Waals surface area (Å²) in [4.78, 5) is 11.3. The number of aromatic hydroxyl groups is 1. The van der Waals surface area contributed by atoms with E-state index in [-0.39, 0.29) is 28.2 Å². The fourth-order valence-electron chi connectivity index (χ4n) is 1.39. The molecule has 106 valence electrons. The van der Waals surface area contributed by atoms with E-state index in [1.807, 2.05) is 0 Å². The van der Waals surface area contributed by atoms with Gasteiger partial charge in [0.2, 0.25) is 0 Å². The lowest BCUT2D eigenvalue weighted by Crippen LogP contribution is -2.08. The normalized spacial score (nSPS) is 11.1. The molecule has 0 aromatic heterocycles. The summed E-state index contributed by atoms with van der Waals surface area (Å²) < 4.78 is 5.50. The third kappa shape index (κ3) is 4.15. The Morgan fingerprint density at radius 1 is 1.40 bits per heavy atom. The minimum atomic E-state index is -0.156. The summed E-state index contributed by atoms with van der Waals surface area (Å²) in [5.41, 5.74) is 0.929. The van der Waals surface area contributed by atoms with Crippen molar-refractivity contribution in [1.29, 1.82) is 0 Å². The zero-order valence-electron chi connectivity index (χ0n) is 11.0. The van der Waals surface area contributed by atoms with Gasteiger partial charge < -0.3 is 9.84 Å². The van der Waals surface area contributed by atoms with Gasteiger partial charge in [-0.2, -0.15) is 0 Å². The molecule has 0 heterocycles. The Kier molecular flexibility index (Phi) is 5.86. The van der Waals surface area contributed by atoms with Crippen LogP contribution in [0.2, 0.25) is 10.0 Å². The number of allylic oxidation sites excluding steroid dienone is 2. The number of ketones is 1. The lowest BCUT2D eigenvalue weighted by molar-refractivity contribution is -0.113. The molecule has 0 amide bonds. The third-order valence-corrected chi connectivity index (χ3v) is 3.11. The van der Waals surface area contributed by atoms with Crippen molar-refractivity contribution in [3.8, 4) is 11.5 Å². The zero-order chi connectivity index (χ0) is 15.3. The van der Waals surface area contributed by atoms with Crippen LogP contribution in [-0.4, -0.2) is 17.5 Å². The maximum Gasteiger partial charge on any atom is 0.159 e. The van der Waals surface area contributed by atoms with Gasteiger partial charge in [-0.25, -0.2) is 0 Å². The first kappa shape index (κ1) is 16.3. The van der Waals surface area contributed by atoms with Crippen LogP contribution in [0.3, 0.4) is 0 Å². The molecule has 0 radical (unpaired) electrons. The van der Waals surface area contributed by atoms with E-state index in [9.17, 15) is 9.90 Å². The number of rotatable bonds is 6. The maximum atomic E-state index is 11.3. The molecule has 0 aliphatic rings. The van der Waals surface area contributed by atoms with Crippen LogP contribution in [0.15, 0.2) is 48.6 Å². The number of Topliss-reactive ketones (excluding diaryl/α,β-unsaturated/α-hetero) is 1. The summed E-state index contributed by atoms with van der Waals surface area (Å²) in [7, 11) is 0. The number of phenolic OH excluding ortho intramolecular Hbond substituents is 1. The number of hydrogen-bond acceptors (Lipinski definition) is 3. The molecule has 1 rings (SSSR count). The van der Waals surface area contributed by atoms with Crippen molar-refractivity contribution >= 4 is 29.0 Å². The molecular weight excluding hydrogens is 299 g/mol. The third-order valence-electron chi connectivity index (χ3n) is 2.52. The number of ether oxygens (including phenoxy) is 1. The van der Waals surface area contributed by atoms with Crippen molar-refractivity contribution in [3.63, 3.8) is 0 Å². The highest BCUT2D eigenvalue weighted by molar-refractivity contribution is 6.35. The molecular formula is C15H14Cl2O3. The molecule has 0 atom stereocenters. The monoisotopic (exact) mass is 312 g/mol. The fraction of sp³-hybridized carbons (Fsp3) is 0.133. The lowest BCUT2D eigenvalue weighted by Gasteiger charge is -2.12. The van der Waals surface area contributed by atoms with E-state index in [0.717, 1.165) is 0 Å². The highest BCUT2D eigenvalue weighted by atomic mass is 35.5. The summed E-state index contributed by atoms with van der Waals surface area (Å²) in [6, 6.07) is 2.69. The highest BCUT2D eigenvalue weighted by Gasteiger charge is 2.11. The van der Waals surface area contributed by atoms with E-state index in [1.54, 1.807) is 6.08 Å². The van der Waals surface area contributed by atoms with Crippen molar-refractivity contribution in [1.82, 2.24) is 0 Å². The van der Waals surface area contributed by atoms with Crippen molar-refractivity contribution in [2.24, 2.45) is 0 Å². The van der Waals surface area contributed by atoms with Gasteiger partial charge in [0.05, 0.1) is 10.0 Å².